The molecule has 0 fully saturated rings. The number of H-pyrrole nitrogens is 1. The average Bonchev–Trinajstić information content (AvgIpc) is 2.99. The third-order valence-electron chi connectivity index (χ3n) is 4.61. The molecule has 0 spiro atoms. The quantitative estimate of drug-likeness (QED) is 0.712. The highest BCUT2D eigenvalue weighted by Crippen LogP contribution is 2.36. The normalized spacial score (nSPS) is 19.9. The molecule has 2 N–H and O–H groups in total. The van der Waals surface area contributed by atoms with E-state index in [1.54, 1.807) is 18.2 Å². The van der Waals surface area contributed by atoms with Gasteiger partial charge in [0.2, 0.25) is 0 Å². The summed E-state index contributed by atoms with van der Waals surface area (Å²) in [4.78, 5) is 15.5. The monoisotopic (exact) mass is 324 g/mol. The van der Waals surface area contributed by atoms with Crippen LogP contribution in [0.4, 0.5) is 4.39 Å². The first-order valence-electron chi connectivity index (χ1n) is 7.87. The molecule has 0 saturated heterocycles. The van der Waals surface area contributed by atoms with Crippen molar-refractivity contribution in [1.82, 2.24) is 10.3 Å². The number of rotatable bonds is 2. The Kier molecular flexibility index (Phi) is 3.58. The molecule has 1 aliphatic heterocycles. The highest BCUT2D eigenvalue weighted by molar-refractivity contribution is 5.87. The Hall–Kier alpha value is -2.66. The van der Waals surface area contributed by atoms with E-state index in [9.17, 15) is 9.18 Å². The van der Waals surface area contributed by atoms with Gasteiger partial charge in [0.25, 0.3) is 0 Å². The number of ether oxygens (including phenoxy) is 1. The molecule has 122 valence electrons. The summed E-state index contributed by atoms with van der Waals surface area (Å²) in [7, 11) is 1.37. The Labute approximate surface area is 138 Å². The van der Waals surface area contributed by atoms with E-state index in [1.807, 2.05) is 24.3 Å². The minimum atomic E-state index is -0.508. The predicted octanol–water partition coefficient (Wildman–Crippen LogP) is 3.08. The number of nitrogens with one attached hydrogen (secondary N) is 2. The van der Waals surface area contributed by atoms with Crippen LogP contribution in [-0.4, -0.2) is 24.1 Å². The summed E-state index contributed by atoms with van der Waals surface area (Å²) < 4.78 is 19.3. The summed E-state index contributed by atoms with van der Waals surface area (Å²) in [6, 6.07) is 13.6. The van der Waals surface area contributed by atoms with Gasteiger partial charge in [-0.15, -0.1) is 0 Å². The number of carbonyl (C=O) groups excluding carboxylic acids is 1. The number of carbonyl (C=O) groups is 1. The van der Waals surface area contributed by atoms with E-state index in [2.05, 4.69) is 10.3 Å². The molecule has 4 rings (SSSR count). The van der Waals surface area contributed by atoms with Crippen molar-refractivity contribution in [3.05, 3.63) is 71.2 Å². The minimum Gasteiger partial charge on any atom is -0.468 e. The number of methoxy groups -OCH3 is 1. The standard InChI is InChI=1S/C19H17FN2O2/c1-24-19(23)16-10-13-11-6-3-5-9-15(11)21-18(13)17(22-16)12-7-2-4-8-14(12)20/h2-9,16-17,21-22H,10H2,1H3. The molecule has 2 heterocycles. The Balaban J connectivity index is 1.90. The molecule has 2 aromatic carbocycles. The molecule has 0 radical (unpaired) electrons. The van der Waals surface area contributed by atoms with Gasteiger partial charge in [0.15, 0.2) is 0 Å². The van der Waals surface area contributed by atoms with Crippen molar-refractivity contribution in [2.24, 2.45) is 0 Å². The summed E-state index contributed by atoms with van der Waals surface area (Å²) in [5.41, 5.74) is 3.43. The largest absolute Gasteiger partial charge is 0.468 e. The lowest BCUT2D eigenvalue weighted by Gasteiger charge is -2.30. The van der Waals surface area contributed by atoms with Crippen LogP contribution >= 0.6 is 0 Å². The van der Waals surface area contributed by atoms with Gasteiger partial charge >= 0.3 is 5.97 Å². The predicted molar refractivity (Wildman–Crippen MR) is 89.2 cm³/mol. The third-order valence-corrected chi connectivity index (χ3v) is 4.61. The van der Waals surface area contributed by atoms with Crippen LogP contribution in [0.1, 0.15) is 22.9 Å². The molecule has 0 amide bonds. The number of esters is 1. The Bertz CT molecular complexity index is 919. The lowest BCUT2D eigenvalue weighted by Crippen LogP contribution is -2.45. The van der Waals surface area contributed by atoms with Crippen molar-refractivity contribution in [2.75, 3.05) is 7.11 Å². The van der Waals surface area contributed by atoms with Crippen molar-refractivity contribution < 1.29 is 13.9 Å². The van der Waals surface area contributed by atoms with Gasteiger partial charge in [-0.05, 0) is 17.7 Å². The van der Waals surface area contributed by atoms with E-state index < -0.39 is 12.1 Å². The summed E-state index contributed by atoms with van der Waals surface area (Å²) in [5.74, 6) is -0.641. The first-order valence-corrected chi connectivity index (χ1v) is 7.87. The van der Waals surface area contributed by atoms with Crippen LogP contribution < -0.4 is 5.32 Å². The Morgan fingerprint density at radius 2 is 1.92 bits per heavy atom. The number of hydrogen-bond donors (Lipinski definition) is 2. The van der Waals surface area contributed by atoms with Crippen LogP contribution in [0, 0.1) is 5.82 Å². The lowest BCUT2D eigenvalue weighted by atomic mass is 9.90. The van der Waals surface area contributed by atoms with Gasteiger partial charge < -0.3 is 9.72 Å². The topological polar surface area (TPSA) is 54.1 Å². The van der Waals surface area contributed by atoms with Gasteiger partial charge in [0.05, 0.1) is 13.2 Å². The summed E-state index contributed by atoms with van der Waals surface area (Å²) >= 11 is 0. The molecule has 2 atom stereocenters. The fraction of sp³-hybridized carbons (Fsp3) is 0.211. The van der Waals surface area contributed by atoms with Gasteiger partial charge in [-0.3, -0.25) is 10.1 Å². The second-order valence-corrected chi connectivity index (χ2v) is 5.96. The number of para-hydroxylation sites is 1. The second-order valence-electron chi connectivity index (χ2n) is 5.96. The average molecular weight is 324 g/mol. The minimum absolute atomic E-state index is 0.301. The number of aromatic nitrogens is 1. The Morgan fingerprint density at radius 1 is 1.17 bits per heavy atom. The van der Waals surface area contributed by atoms with E-state index in [4.69, 9.17) is 4.74 Å². The van der Waals surface area contributed by atoms with Crippen LogP contribution in [0.5, 0.6) is 0 Å². The molecule has 0 saturated carbocycles. The molecule has 0 aliphatic carbocycles. The SMILES string of the molecule is COC(=O)C1Cc2c([nH]c3ccccc23)C(c2ccccc2F)N1. The van der Waals surface area contributed by atoms with Crippen LogP contribution in [0.2, 0.25) is 0 Å². The van der Waals surface area contributed by atoms with Crippen LogP contribution in [-0.2, 0) is 16.0 Å². The molecule has 3 aromatic rings. The second kappa shape index (κ2) is 5.76. The maximum atomic E-state index is 14.4. The molecule has 1 aliphatic rings. The van der Waals surface area contributed by atoms with E-state index in [-0.39, 0.29) is 11.8 Å². The van der Waals surface area contributed by atoms with Crippen molar-refractivity contribution >= 4 is 16.9 Å². The molecule has 24 heavy (non-hydrogen) atoms. The van der Waals surface area contributed by atoms with Crippen molar-refractivity contribution in [3.8, 4) is 0 Å². The van der Waals surface area contributed by atoms with E-state index in [0.29, 0.717) is 12.0 Å². The van der Waals surface area contributed by atoms with Crippen molar-refractivity contribution in [3.63, 3.8) is 0 Å². The fourth-order valence-corrected chi connectivity index (χ4v) is 3.48. The number of hydrogen-bond acceptors (Lipinski definition) is 3. The van der Waals surface area contributed by atoms with Gasteiger partial charge in [-0.2, -0.15) is 0 Å². The molecular weight excluding hydrogens is 307 g/mol. The Morgan fingerprint density at radius 3 is 2.71 bits per heavy atom. The zero-order valence-electron chi connectivity index (χ0n) is 13.2. The molecular formula is C19H17FN2O2. The molecule has 4 nitrogen and oxygen atoms in total. The zero-order chi connectivity index (χ0) is 16.7. The highest BCUT2D eigenvalue weighted by atomic mass is 19.1. The van der Waals surface area contributed by atoms with Crippen LogP contribution in [0.25, 0.3) is 10.9 Å². The van der Waals surface area contributed by atoms with Gasteiger partial charge in [-0.1, -0.05) is 36.4 Å². The summed E-state index contributed by atoms with van der Waals surface area (Å²) in [6.07, 6.45) is 0.511. The number of halogens is 1. The zero-order valence-corrected chi connectivity index (χ0v) is 13.2. The lowest BCUT2D eigenvalue weighted by molar-refractivity contribution is -0.143. The fourth-order valence-electron chi connectivity index (χ4n) is 3.48. The van der Waals surface area contributed by atoms with E-state index in [0.717, 1.165) is 22.2 Å². The maximum Gasteiger partial charge on any atom is 0.323 e. The van der Waals surface area contributed by atoms with Crippen molar-refractivity contribution in [1.29, 1.82) is 0 Å². The van der Waals surface area contributed by atoms with E-state index >= 15 is 0 Å². The summed E-state index contributed by atoms with van der Waals surface area (Å²) in [5, 5.41) is 4.29. The first-order chi connectivity index (χ1) is 11.7. The highest BCUT2D eigenvalue weighted by Gasteiger charge is 2.35. The smallest absolute Gasteiger partial charge is 0.323 e. The first kappa shape index (κ1) is 14.9. The number of aromatic amines is 1. The molecule has 0 bridgehead atoms. The van der Waals surface area contributed by atoms with Crippen molar-refractivity contribution in [2.45, 2.75) is 18.5 Å². The maximum absolute atomic E-state index is 14.4. The van der Waals surface area contributed by atoms with Gasteiger partial charge in [0.1, 0.15) is 11.9 Å². The van der Waals surface area contributed by atoms with Crippen LogP contribution in [0.15, 0.2) is 48.5 Å². The summed E-state index contributed by atoms with van der Waals surface area (Å²) in [6.45, 7) is 0. The van der Waals surface area contributed by atoms with Crippen LogP contribution in [0.3, 0.4) is 0 Å². The van der Waals surface area contributed by atoms with Gasteiger partial charge in [0, 0.05) is 28.6 Å². The number of benzene rings is 2. The molecule has 2 unspecified atom stereocenters. The molecule has 1 aromatic heterocycles. The van der Waals surface area contributed by atoms with Gasteiger partial charge in [-0.25, -0.2) is 4.39 Å². The van der Waals surface area contributed by atoms with E-state index in [1.165, 1.54) is 13.2 Å². The number of fused-ring (bicyclic) bond motifs is 3. The third kappa shape index (κ3) is 2.29. The molecule has 5 heteroatoms.